The fourth-order valence-electron chi connectivity index (χ4n) is 4.01. The molecule has 5 nitrogen and oxygen atoms in total. The maximum atomic E-state index is 13.8. The van der Waals surface area contributed by atoms with Crippen molar-refractivity contribution in [3.63, 3.8) is 0 Å². The van der Waals surface area contributed by atoms with Crippen LogP contribution in [-0.4, -0.2) is 34.7 Å². The number of hydrogen-bond acceptors (Lipinski definition) is 5. The van der Waals surface area contributed by atoms with Gasteiger partial charge in [-0.3, -0.25) is 4.79 Å². The lowest BCUT2D eigenvalue weighted by Gasteiger charge is -2.38. The first-order valence-electron chi connectivity index (χ1n) is 10.1. The lowest BCUT2D eigenvalue weighted by atomic mass is 9.88. The topological polar surface area (TPSA) is 66.0 Å². The summed E-state index contributed by atoms with van der Waals surface area (Å²) in [4.78, 5) is 16.4. The van der Waals surface area contributed by atoms with Crippen LogP contribution >= 0.6 is 38.9 Å². The summed E-state index contributed by atoms with van der Waals surface area (Å²) in [7, 11) is 0. The predicted octanol–water partition coefficient (Wildman–Crippen LogP) is 5.98. The highest BCUT2D eigenvalue weighted by Gasteiger charge is 2.52. The van der Waals surface area contributed by atoms with E-state index in [9.17, 15) is 18.0 Å². The number of nitrogens with zero attached hydrogens (tertiary/aromatic N) is 1. The van der Waals surface area contributed by atoms with Crippen LogP contribution in [-0.2, 0) is 0 Å². The van der Waals surface area contributed by atoms with Crippen molar-refractivity contribution in [1.29, 1.82) is 0 Å². The van der Waals surface area contributed by atoms with E-state index < -0.39 is 11.7 Å². The standard InChI is InChI=1S/C21H21BrClF3N4OS/c1-20(21(24,25)26)9-16(14-8-11(23)2-7-15(14)30-20)27-12-3-5-13(6-4-12)28-18(31)19-29-17(22)10-32-19/h2,7-10,12-13,27,30H,3-6H2,1H3,(H,28,31). The minimum Gasteiger partial charge on any atom is -0.382 e. The van der Waals surface area contributed by atoms with E-state index in [4.69, 9.17) is 11.6 Å². The number of halogens is 5. The SMILES string of the molecule is CC1(C(F)(F)F)C=C(NC2CCC(NC(=O)c3nc(Br)cs3)CC2)c2cc(Cl)ccc2N1. The molecule has 11 heteroatoms. The molecule has 172 valence electrons. The van der Waals surface area contributed by atoms with Gasteiger partial charge in [-0.25, -0.2) is 4.98 Å². The molecule has 0 saturated heterocycles. The zero-order chi connectivity index (χ0) is 23.1. The van der Waals surface area contributed by atoms with Crippen LogP contribution in [0.3, 0.4) is 0 Å². The van der Waals surface area contributed by atoms with Gasteiger partial charge < -0.3 is 16.0 Å². The summed E-state index contributed by atoms with van der Waals surface area (Å²) in [6.45, 7) is 1.12. The second-order valence-electron chi connectivity index (χ2n) is 8.21. The Morgan fingerprint density at radius 1 is 1.28 bits per heavy atom. The number of anilines is 1. The molecular formula is C21H21BrClF3N4OS. The van der Waals surface area contributed by atoms with E-state index in [1.165, 1.54) is 17.4 Å². The van der Waals surface area contributed by atoms with Crippen molar-refractivity contribution >= 4 is 56.2 Å². The maximum absolute atomic E-state index is 13.8. The first-order valence-corrected chi connectivity index (χ1v) is 12.2. The van der Waals surface area contributed by atoms with Crippen molar-refractivity contribution in [1.82, 2.24) is 15.6 Å². The molecule has 1 aromatic heterocycles. The van der Waals surface area contributed by atoms with Crippen LogP contribution in [0.4, 0.5) is 18.9 Å². The molecule has 2 aliphatic rings. The van der Waals surface area contributed by atoms with Gasteiger partial charge in [0.15, 0.2) is 10.5 Å². The largest absolute Gasteiger partial charge is 0.414 e. The van der Waals surface area contributed by atoms with Gasteiger partial charge in [-0.1, -0.05) is 11.6 Å². The number of hydrogen-bond donors (Lipinski definition) is 3. The van der Waals surface area contributed by atoms with Crippen LogP contribution in [0.25, 0.3) is 5.70 Å². The Hall–Kier alpha value is -1.78. The number of rotatable bonds is 4. The minimum atomic E-state index is -4.47. The van der Waals surface area contributed by atoms with E-state index in [1.807, 2.05) is 0 Å². The number of aromatic nitrogens is 1. The minimum absolute atomic E-state index is 0.00685. The van der Waals surface area contributed by atoms with Crippen LogP contribution < -0.4 is 16.0 Å². The highest BCUT2D eigenvalue weighted by atomic mass is 79.9. The smallest absolute Gasteiger partial charge is 0.382 e. The third-order valence-corrected chi connectivity index (χ3v) is 7.57. The Balaban J connectivity index is 1.44. The molecule has 1 atom stereocenters. The second kappa shape index (κ2) is 8.87. The molecule has 2 aromatic rings. The number of amides is 1. The first kappa shape index (κ1) is 23.4. The van der Waals surface area contributed by atoms with Gasteiger partial charge in [0.05, 0.1) is 0 Å². The zero-order valence-corrected chi connectivity index (χ0v) is 20.2. The highest BCUT2D eigenvalue weighted by Crippen LogP contribution is 2.42. The molecule has 1 fully saturated rings. The molecule has 1 aromatic carbocycles. The Morgan fingerprint density at radius 3 is 2.59 bits per heavy atom. The summed E-state index contributed by atoms with van der Waals surface area (Å²) in [5.74, 6) is -0.206. The van der Waals surface area contributed by atoms with Crippen molar-refractivity contribution in [3.8, 4) is 0 Å². The van der Waals surface area contributed by atoms with Crippen molar-refractivity contribution < 1.29 is 18.0 Å². The Morgan fingerprint density at radius 2 is 1.97 bits per heavy atom. The molecule has 0 radical (unpaired) electrons. The van der Waals surface area contributed by atoms with Gasteiger partial charge in [0.1, 0.15) is 4.60 Å². The number of carbonyl (C=O) groups is 1. The molecule has 0 bridgehead atoms. The van der Waals surface area contributed by atoms with Gasteiger partial charge in [-0.05, 0) is 72.8 Å². The zero-order valence-electron chi connectivity index (χ0n) is 17.0. The van der Waals surface area contributed by atoms with Gasteiger partial charge in [0, 0.05) is 39.4 Å². The molecule has 0 spiro atoms. The molecule has 1 aliphatic carbocycles. The molecule has 1 amide bonds. The summed E-state index contributed by atoms with van der Waals surface area (Å²) in [6.07, 6.45) is -0.392. The van der Waals surface area contributed by atoms with Crippen molar-refractivity contribution in [2.45, 2.75) is 56.4 Å². The van der Waals surface area contributed by atoms with E-state index in [2.05, 4.69) is 36.9 Å². The molecular weight excluding hydrogens is 529 g/mol. The fourth-order valence-corrected chi connectivity index (χ4v) is 5.34. The van der Waals surface area contributed by atoms with E-state index in [1.54, 1.807) is 23.6 Å². The number of thiazole rings is 1. The Kier molecular flexibility index (Phi) is 6.48. The van der Waals surface area contributed by atoms with E-state index in [0.29, 0.717) is 31.6 Å². The Labute approximate surface area is 201 Å². The van der Waals surface area contributed by atoms with Crippen LogP contribution in [0.15, 0.2) is 34.3 Å². The van der Waals surface area contributed by atoms with E-state index in [0.717, 1.165) is 32.6 Å². The van der Waals surface area contributed by atoms with Gasteiger partial charge >= 0.3 is 6.18 Å². The van der Waals surface area contributed by atoms with Crippen LogP contribution in [0.5, 0.6) is 0 Å². The molecule has 3 N–H and O–H groups in total. The van der Waals surface area contributed by atoms with Gasteiger partial charge in [-0.15, -0.1) is 11.3 Å². The maximum Gasteiger partial charge on any atom is 0.414 e. The number of carbonyl (C=O) groups excluding carboxylic acids is 1. The van der Waals surface area contributed by atoms with Crippen molar-refractivity contribution in [2.24, 2.45) is 0 Å². The van der Waals surface area contributed by atoms with Crippen LogP contribution in [0.1, 0.15) is 48.0 Å². The van der Waals surface area contributed by atoms with E-state index in [-0.39, 0.29) is 18.0 Å². The number of nitrogens with one attached hydrogen (secondary N) is 3. The summed E-state index contributed by atoms with van der Waals surface area (Å²) < 4.78 is 41.9. The first-order chi connectivity index (χ1) is 15.0. The van der Waals surface area contributed by atoms with Gasteiger partial charge in [-0.2, -0.15) is 13.2 Å². The average Bonchev–Trinajstić information content (AvgIpc) is 3.16. The number of alkyl halides is 3. The fraction of sp³-hybridized carbons (Fsp3) is 0.429. The normalized spacial score (nSPS) is 25.4. The lowest BCUT2D eigenvalue weighted by molar-refractivity contribution is -0.160. The molecule has 32 heavy (non-hydrogen) atoms. The molecule has 1 saturated carbocycles. The monoisotopic (exact) mass is 548 g/mol. The average molecular weight is 550 g/mol. The lowest BCUT2D eigenvalue weighted by Crippen LogP contribution is -2.50. The predicted molar refractivity (Wildman–Crippen MR) is 124 cm³/mol. The van der Waals surface area contributed by atoms with Crippen molar-refractivity contribution in [2.75, 3.05) is 5.32 Å². The van der Waals surface area contributed by atoms with Gasteiger partial charge in [0.2, 0.25) is 0 Å². The Bertz CT molecular complexity index is 1050. The second-order valence-corrected chi connectivity index (χ2v) is 10.3. The molecule has 4 rings (SSSR count). The summed E-state index contributed by atoms with van der Waals surface area (Å²) in [5, 5.41) is 11.5. The third kappa shape index (κ3) is 4.92. The van der Waals surface area contributed by atoms with E-state index >= 15 is 0 Å². The molecule has 1 unspecified atom stereocenters. The summed E-state index contributed by atoms with van der Waals surface area (Å²) >= 11 is 10.6. The molecule has 1 aliphatic heterocycles. The number of fused-ring (bicyclic) bond motifs is 1. The number of benzene rings is 1. The van der Waals surface area contributed by atoms with Crippen LogP contribution in [0.2, 0.25) is 5.02 Å². The van der Waals surface area contributed by atoms with Crippen molar-refractivity contribution in [3.05, 3.63) is 49.9 Å². The van der Waals surface area contributed by atoms with Gasteiger partial charge in [0.25, 0.3) is 5.91 Å². The highest BCUT2D eigenvalue weighted by molar-refractivity contribution is 9.10. The quantitative estimate of drug-likeness (QED) is 0.439. The molecule has 2 heterocycles. The van der Waals surface area contributed by atoms with Crippen LogP contribution in [0, 0.1) is 0 Å². The summed E-state index contributed by atoms with van der Waals surface area (Å²) in [6, 6.07) is 4.80. The summed E-state index contributed by atoms with van der Waals surface area (Å²) in [5.41, 5.74) is -0.775. The third-order valence-electron chi connectivity index (χ3n) is 5.78.